The Labute approximate surface area is 296 Å². The number of fused-ring (bicyclic) bond motifs is 2. The van der Waals surface area contributed by atoms with Crippen LogP contribution in [0.3, 0.4) is 0 Å². The summed E-state index contributed by atoms with van der Waals surface area (Å²) in [5, 5.41) is 52.4. The Hall–Kier alpha value is -2.10. The highest BCUT2D eigenvalue weighted by Gasteiger charge is 2.88. The molecule has 6 bridgehead atoms. The minimum absolute atomic E-state index is 0.0450. The van der Waals surface area contributed by atoms with Crippen LogP contribution in [-0.4, -0.2) is 117 Å². The van der Waals surface area contributed by atoms with Gasteiger partial charge in [-0.25, -0.2) is 4.79 Å². The number of aliphatic hydroxyl groups is 4. The number of carbonyl (C=O) groups is 2. The maximum absolute atomic E-state index is 14.4. The molecule has 8 unspecified atom stereocenters. The molecule has 7 aliphatic heterocycles. The number of rotatable bonds is 7. The van der Waals surface area contributed by atoms with Crippen molar-refractivity contribution >= 4 is 11.9 Å². The monoisotopic (exact) mass is 713 g/mol. The average molecular weight is 714 g/mol. The molecule has 51 heavy (non-hydrogen) atoms. The summed E-state index contributed by atoms with van der Waals surface area (Å²) in [6.45, 7) is 5.30. The first-order valence-electron chi connectivity index (χ1n) is 19.3. The average Bonchev–Trinajstić information content (AvgIpc) is 3.83. The van der Waals surface area contributed by atoms with Crippen molar-refractivity contribution < 1.29 is 58.8 Å². The van der Waals surface area contributed by atoms with Gasteiger partial charge in [0.2, 0.25) is 6.29 Å². The van der Waals surface area contributed by atoms with Gasteiger partial charge in [-0.05, 0) is 80.1 Å². The van der Waals surface area contributed by atoms with Gasteiger partial charge in [-0.1, -0.05) is 19.9 Å². The van der Waals surface area contributed by atoms with Crippen molar-refractivity contribution in [1.82, 2.24) is 4.90 Å². The third kappa shape index (κ3) is 4.00. The van der Waals surface area contributed by atoms with E-state index in [-0.39, 0.29) is 59.3 Å². The van der Waals surface area contributed by atoms with Crippen LogP contribution in [0.25, 0.3) is 0 Å². The number of carboxylic acids is 1. The number of carboxylic acid groups (broad SMARTS) is 1. The van der Waals surface area contributed by atoms with E-state index in [2.05, 4.69) is 18.7 Å². The number of esters is 1. The molecule has 7 heterocycles. The smallest absolute Gasteiger partial charge is 0.335 e. The van der Waals surface area contributed by atoms with Crippen molar-refractivity contribution in [1.29, 1.82) is 0 Å². The van der Waals surface area contributed by atoms with E-state index in [4.69, 9.17) is 23.7 Å². The molecule has 5 N–H and O–H groups in total. The lowest BCUT2D eigenvalue weighted by molar-refractivity contribution is -0.392. The Morgan fingerprint density at radius 2 is 1.82 bits per heavy atom. The Bertz CT molecular complexity index is 1570. The highest BCUT2D eigenvalue weighted by Crippen LogP contribution is 2.84. The summed E-state index contributed by atoms with van der Waals surface area (Å²) in [6, 6.07) is 0.419. The number of nitrogens with zero attached hydrogens (tertiary/aromatic N) is 1. The molecule has 5 aliphatic carbocycles. The minimum Gasteiger partial charge on any atom is -0.478 e. The van der Waals surface area contributed by atoms with Crippen molar-refractivity contribution in [3.8, 4) is 0 Å². The predicted molar refractivity (Wildman–Crippen MR) is 174 cm³/mol. The number of hydrogen-bond donors (Lipinski definition) is 5. The number of aliphatic carboxylic acids is 1. The molecule has 6 saturated heterocycles. The second-order valence-electron chi connectivity index (χ2n) is 17.9. The normalized spacial score (nSPS) is 55.8. The number of carbonyl (C=O) groups excluding carboxylic acids is 1. The zero-order valence-corrected chi connectivity index (χ0v) is 29.2. The van der Waals surface area contributed by atoms with Gasteiger partial charge >= 0.3 is 11.9 Å². The number of piperidine rings is 1. The van der Waals surface area contributed by atoms with Crippen LogP contribution < -0.4 is 0 Å². The second-order valence-corrected chi connectivity index (χ2v) is 17.9. The van der Waals surface area contributed by atoms with Crippen LogP contribution in [0.4, 0.5) is 0 Å². The van der Waals surface area contributed by atoms with Gasteiger partial charge in [-0.15, -0.1) is 0 Å². The molecular weight excluding hydrogens is 662 g/mol. The maximum atomic E-state index is 14.4. The van der Waals surface area contributed by atoms with Crippen molar-refractivity contribution in [2.75, 3.05) is 19.8 Å². The summed E-state index contributed by atoms with van der Waals surface area (Å²) in [5.74, 6) is -0.819. The molecule has 13 nitrogen and oxygen atoms in total. The standard InChI is InChI=1S/C38H51NO12/c1-16-12-39-30-19(16)9-10-36(2)24-8-5-18-4-7-23-21(11-37(30,36)38(18,23)51-31(24)39)33(46)47-15-25-27(41)28(42)29(43)35(49-25)50-34-26-17(13-40)3-6-20(26)22(14-48-34)32(44)45/h3,14,16,18-21,23-31,34-35,40-43H,4-13,15H2,1-2H3,(H,44,45)/t16-,18-,19-,20-,21-,23-,24-,25?,26?,27?,28?,29?,30+,31?,34+,35?,36+,37?,38-/m1/s1. The molecule has 280 valence electrons. The van der Waals surface area contributed by atoms with Gasteiger partial charge in [0, 0.05) is 35.8 Å². The van der Waals surface area contributed by atoms with Crippen molar-refractivity contribution in [3.63, 3.8) is 0 Å². The van der Waals surface area contributed by atoms with E-state index in [1.54, 1.807) is 6.08 Å². The fourth-order valence-electron chi connectivity index (χ4n) is 14.5. The molecule has 0 aromatic rings. The van der Waals surface area contributed by atoms with Crippen molar-refractivity contribution in [2.45, 2.75) is 120 Å². The quantitative estimate of drug-likeness (QED) is 0.189. The highest BCUT2D eigenvalue weighted by molar-refractivity contribution is 5.87. The second kappa shape index (κ2) is 11.2. The Balaban J connectivity index is 0.889. The van der Waals surface area contributed by atoms with Gasteiger partial charge in [-0.2, -0.15) is 0 Å². The van der Waals surface area contributed by atoms with Crippen LogP contribution >= 0.6 is 0 Å². The molecule has 12 aliphatic rings. The van der Waals surface area contributed by atoms with Gasteiger partial charge in [-0.3, -0.25) is 9.69 Å². The first-order valence-corrected chi connectivity index (χ1v) is 19.3. The van der Waals surface area contributed by atoms with E-state index in [0.29, 0.717) is 41.7 Å². The third-order valence-electron chi connectivity index (χ3n) is 16.4. The predicted octanol–water partition coefficient (Wildman–Crippen LogP) is 1.52. The van der Waals surface area contributed by atoms with Crippen LogP contribution in [0.2, 0.25) is 0 Å². The number of hydrogen-bond acceptors (Lipinski definition) is 12. The molecule has 0 amide bonds. The lowest BCUT2D eigenvalue weighted by Crippen LogP contribution is -2.81. The topological polar surface area (TPSA) is 185 Å². The summed E-state index contributed by atoms with van der Waals surface area (Å²) in [6.07, 6.45) is 2.09. The molecule has 0 aromatic heterocycles. The highest BCUT2D eigenvalue weighted by atomic mass is 16.8. The van der Waals surface area contributed by atoms with Gasteiger partial charge in [0.25, 0.3) is 0 Å². The van der Waals surface area contributed by atoms with Crippen molar-refractivity contribution in [2.24, 2.45) is 58.2 Å². The molecule has 12 rings (SSSR count). The SMILES string of the molecule is C[C@@H]1CN2C3O[C@]45[C@@H]6CC[C@@H]4[C@H](C(=O)OCC4OC(O[C@@H]7OC=C(C(=O)O)[C@H]8CC=C(CO)C78)C(O)C(O)C4O)CC54[C@@H]2[C@@H]1CC[C@@]4(C)[C@@H]3CC6. The number of aliphatic hydroxyl groups excluding tert-OH is 4. The van der Waals surface area contributed by atoms with E-state index in [0.717, 1.165) is 38.5 Å². The van der Waals surface area contributed by atoms with Crippen LogP contribution in [0, 0.1) is 58.2 Å². The first kappa shape index (κ1) is 33.5. The van der Waals surface area contributed by atoms with Crippen molar-refractivity contribution in [3.05, 3.63) is 23.5 Å². The fraction of sp³-hybridized carbons (Fsp3) is 0.842. The van der Waals surface area contributed by atoms with E-state index >= 15 is 0 Å². The van der Waals surface area contributed by atoms with Gasteiger partial charge in [0.05, 0.1) is 35.9 Å². The molecule has 10 fully saturated rings. The lowest BCUT2D eigenvalue weighted by Gasteiger charge is -2.76. The van der Waals surface area contributed by atoms with Crippen LogP contribution in [0.5, 0.6) is 0 Å². The first-order chi connectivity index (χ1) is 24.5. The van der Waals surface area contributed by atoms with E-state index in [9.17, 15) is 35.1 Å². The van der Waals surface area contributed by atoms with Gasteiger partial charge < -0.3 is 49.2 Å². The van der Waals surface area contributed by atoms with E-state index in [1.165, 1.54) is 19.3 Å². The summed E-state index contributed by atoms with van der Waals surface area (Å²) in [7, 11) is 0. The van der Waals surface area contributed by atoms with Crippen LogP contribution in [0.15, 0.2) is 23.5 Å². The Kier molecular flexibility index (Phi) is 7.36. The summed E-state index contributed by atoms with van der Waals surface area (Å²) in [4.78, 5) is 28.9. The van der Waals surface area contributed by atoms with E-state index < -0.39 is 54.8 Å². The Morgan fingerprint density at radius 3 is 2.59 bits per heavy atom. The Morgan fingerprint density at radius 1 is 1.04 bits per heavy atom. The largest absolute Gasteiger partial charge is 0.478 e. The zero-order valence-electron chi connectivity index (χ0n) is 29.2. The van der Waals surface area contributed by atoms with Gasteiger partial charge in [0.15, 0.2) is 6.29 Å². The minimum atomic E-state index is -1.68. The van der Waals surface area contributed by atoms with Crippen LogP contribution in [0.1, 0.15) is 65.2 Å². The number of ether oxygens (including phenoxy) is 5. The van der Waals surface area contributed by atoms with E-state index in [1.807, 2.05) is 0 Å². The maximum Gasteiger partial charge on any atom is 0.335 e. The molecular formula is C38H51NO12. The molecule has 4 saturated carbocycles. The lowest BCUT2D eigenvalue weighted by atomic mass is 9.40. The van der Waals surface area contributed by atoms with Crippen LogP contribution in [-0.2, 0) is 33.3 Å². The molecule has 0 radical (unpaired) electrons. The number of allylic oxidation sites excluding steroid dienone is 1. The van der Waals surface area contributed by atoms with Gasteiger partial charge in [0.1, 0.15) is 37.3 Å². The molecule has 19 atom stereocenters. The molecule has 0 aromatic carbocycles. The summed E-state index contributed by atoms with van der Waals surface area (Å²) >= 11 is 0. The molecule has 2 spiro atoms. The zero-order chi connectivity index (χ0) is 35.4. The summed E-state index contributed by atoms with van der Waals surface area (Å²) in [5.41, 5.74) is 0.236. The third-order valence-corrected chi connectivity index (χ3v) is 16.4. The fourth-order valence-corrected chi connectivity index (χ4v) is 14.5. The molecule has 13 heteroatoms. The summed E-state index contributed by atoms with van der Waals surface area (Å²) < 4.78 is 31.2.